The van der Waals surface area contributed by atoms with Crippen molar-refractivity contribution in [2.24, 2.45) is 0 Å². The molecule has 8 nitrogen and oxygen atoms in total. The first kappa shape index (κ1) is 17.2. The highest BCUT2D eigenvalue weighted by atomic mass is 35.5. The number of hydrogen-bond donors (Lipinski definition) is 2. The second kappa shape index (κ2) is 7.12. The standard InChI is InChI=1S/C15H13Cl2N5O3/c1-8-6-12(14(23)18-5-4-13-19-15(24)25-21-13)20-22(8)9-2-3-10(16)11(17)7-9/h2-3,6-7H,4-5H2,1H3,(H,18,23)(H,19,21,24). The Morgan fingerprint density at radius 3 is 2.80 bits per heavy atom. The van der Waals surface area contributed by atoms with Crippen LogP contribution in [0.4, 0.5) is 0 Å². The lowest BCUT2D eigenvalue weighted by Gasteiger charge is -2.05. The maximum Gasteiger partial charge on any atom is 0.438 e. The van der Waals surface area contributed by atoms with Gasteiger partial charge in [0.2, 0.25) is 0 Å². The number of carbonyl (C=O) groups excluding carboxylic acids is 1. The minimum Gasteiger partial charge on any atom is -0.350 e. The zero-order chi connectivity index (χ0) is 18.0. The van der Waals surface area contributed by atoms with E-state index in [-0.39, 0.29) is 18.1 Å². The van der Waals surface area contributed by atoms with Gasteiger partial charge in [0.1, 0.15) is 0 Å². The largest absolute Gasteiger partial charge is 0.438 e. The summed E-state index contributed by atoms with van der Waals surface area (Å²) in [6.07, 6.45) is 0.337. The van der Waals surface area contributed by atoms with Gasteiger partial charge in [0.15, 0.2) is 11.5 Å². The van der Waals surface area contributed by atoms with Crippen LogP contribution < -0.4 is 11.1 Å². The molecule has 1 aromatic carbocycles. The summed E-state index contributed by atoms with van der Waals surface area (Å²) >= 11 is 11.9. The predicted molar refractivity (Wildman–Crippen MR) is 91.5 cm³/mol. The number of halogens is 2. The van der Waals surface area contributed by atoms with Crippen LogP contribution in [0.3, 0.4) is 0 Å². The second-order valence-corrected chi connectivity index (χ2v) is 6.04. The molecule has 0 aliphatic carbocycles. The van der Waals surface area contributed by atoms with Crippen LogP contribution in [0.25, 0.3) is 5.69 Å². The number of aromatic nitrogens is 4. The Morgan fingerprint density at radius 2 is 2.12 bits per heavy atom. The Morgan fingerprint density at radius 1 is 1.32 bits per heavy atom. The number of carbonyl (C=O) groups is 1. The third kappa shape index (κ3) is 3.92. The quantitative estimate of drug-likeness (QED) is 0.703. The van der Waals surface area contributed by atoms with Crippen molar-refractivity contribution < 1.29 is 9.32 Å². The molecule has 2 heterocycles. The number of nitrogens with one attached hydrogen (secondary N) is 2. The summed E-state index contributed by atoms with van der Waals surface area (Å²) in [7, 11) is 0. The van der Waals surface area contributed by atoms with Crippen LogP contribution in [0.5, 0.6) is 0 Å². The molecule has 10 heteroatoms. The molecule has 0 fully saturated rings. The van der Waals surface area contributed by atoms with Gasteiger partial charge in [-0.3, -0.25) is 14.3 Å². The fraction of sp³-hybridized carbons (Fsp3) is 0.200. The van der Waals surface area contributed by atoms with Crippen molar-refractivity contribution in [1.29, 1.82) is 0 Å². The first-order valence-electron chi connectivity index (χ1n) is 7.29. The number of hydrogen-bond acceptors (Lipinski definition) is 5. The van der Waals surface area contributed by atoms with E-state index < -0.39 is 5.76 Å². The normalized spacial score (nSPS) is 10.8. The van der Waals surface area contributed by atoms with Gasteiger partial charge in [0.25, 0.3) is 5.91 Å². The van der Waals surface area contributed by atoms with E-state index in [1.54, 1.807) is 28.9 Å². The van der Waals surface area contributed by atoms with Crippen LogP contribution in [0, 0.1) is 6.92 Å². The van der Waals surface area contributed by atoms with Crippen molar-refractivity contribution in [1.82, 2.24) is 25.2 Å². The molecule has 0 bridgehead atoms. The monoisotopic (exact) mass is 381 g/mol. The van der Waals surface area contributed by atoms with Gasteiger partial charge in [-0.05, 0) is 31.2 Å². The van der Waals surface area contributed by atoms with E-state index >= 15 is 0 Å². The summed E-state index contributed by atoms with van der Waals surface area (Å²) in [5.74, 6) is -0.604. The van der Waals surface area contributed by atoms with E-state index in [0.717, 1.165) is 5.69 Å². The first-order chi connectivity index (χ1) is 11.9. The zero-order valence-corrected chi connectivity index (χ0v) is 14.6. The van der Waals surface area contributed by atoms with Crippen molar-refractivity contribution in [3.8, 4) is 5.69 Å². The highest BCUT2D eigenvalue weighted by molar-refractivity contribution is 6.42. The average Bonchev–Trinajstić information content (AvgIpc) is 3.16. The minimum absolute atomic E-state index is 0.261. The van der Waals surface area contributed by atoms with E-state index in [4.69, 9.17) is 23.2 Å². The molecule has 2 aromatic heterocycles. The average molecular weight is 382 g/mol. The van der Waals surface area contributed by atoms with Crippen molar-refractivity contribution in [2.75, 3.05) is 6.54 Å². The van der Waals surface area contributed by atoms with E-state index in [0.29, 0.717) is 28.0 Å². The van der Waals surface area contributed by atoms with Gasteiger partial charge in [-0.25, -0.2) is 9.48 Å². The second-order valence-electron chi connectivity index (χ2n) is 5.23. The van der Waals surface area contributed by atoms with Crippen molar-refractivity contribution >= 4 is 29.1 Å². The summed E-state index contributed by atoms with van der Waals surface area (Å²) in [5.41, 5.74) is 1.73. The van der Waals surface area contributed by atoms with Crippen LogP contribution in [0.1, 0.15) is 22.0 Å². The van der Waals surface area contributed by atoms with Crippen molar-refractivity contribution in [3.05, 3.63) is 62.1 Å². The maximum atomic E-state index is 12.2. The molecule has 0 spiro atoms. The molecule has 3 rings (SSSR count). The van der Waals surface area contributed by atoms with Gasteiger partial charge in [-0.15, -0.1) is 0 Å². The summed E-state index contributed by atoms with van der Waals surface area (Å²) in [5, 5.41) is 11.4. The van der Waals surface area contributed by atoms with E-state index in [9.17, 15) is 9.59 Å². The maximum absolute atomic E-state index is 12.2. The Labute approximate surface area is 151 Å². The lowest BCUT2D eigenvalue weighted by Crippen LogP contribution is -2.26. The van der Waals surface area contributed by atoms with Crippen molar-refractivity contribution in [2.45, 2.75) is 13.3 Å². The topological polar surface area (TPSA) is 106 Å². The van der Waals surface area contributed by atoms with Crippen LogP contribution >= 0.6 is 23.2 Å². The van der Waals surface area contributed by atoms with Crippen LogP contribution in [0.2, 0.25) is 10.0 Å². The summed E-state index contributed by atoms with van der Waals surface area (Å²) in [6, 6.07) is 6.76. The summed E-state index contributed by atoms with van der Waals surface area (Å²) < 4.78 is 5.99. The number of benzene rings is 1. The zero-order valence-electron chi connectivity index (χ0n) is 13.0. The third-order valence-electron chi connectivity index (χ3n) is 3.40. The smallest absolute Gasteiger partial charge is 0.350 e. The molecule has 25 heavy (non-hydrogen) atoms. The van der Waals surface area contributed by atoms with Gasteiger partial charge in [-0.2, -0.15) is 5.10 Å². The van der Waals surface area contributed by atoms with Gasteiger partial charge in [-0.1, -0.05) is 28.4 Å². The molecule has 0 aliphatic rings. The van der Waals surface area contributed by atoms with Gasteiger partial charge in [0, 0.05) is 18.7 Å². The van der Waals surface area contributed by atoms with Crippen molar-refractivity contribution in [3.63, 3.8) is 0 Å². The minimum atomic E-state index is -0.627. The molecule has 0 aliphatic heterocycles. The SMILES string of the molecule is Cc1cc(C(=O)NCCc2noc(=O)[nH]2)nn1-c1ccc(Cl)c(Cl)c1. The van der Waals surface area contributed by atoms with Crippen LogP contribution in [-0.2, 0) is 6.42 Å². The number of rotatable bonds is 5. The molecule has 1 amide bonds. The van der Waals surface area contributed by atoms with E-state index in [1.165, 1.54) is 0 Å². The predicted octanol–water partition coefficient (Wildman–Crippen LogP) is 2.14. The molecule has 2 N–H and O–H groups in total. The Hall–Kier alpha value is -2.58. The number of aromatic amines is 1. The molecule has 0 unspecified atom stereocenters. The van der Waals surface area contributed by atoms with E-state index in [1.807, 2.05) is 6.92 Å². The number of aryl methyl sites for hydroxylation is 1. The fourth-order valence-corrected chi connectivity index (χ4v) is 2.51. The lowest BCUT2D eigenvalue weighted by atomic mass is 10.3. The third-order valence-corrected chi connectivity index (χ3v) is 4.14. The summed E-state index contributed by atoms with van der Waals surface area (Å²) in [4.78, 5) is 25.4. The highest BCUT2D eigenvalue weighted by Crippen LogP contribution is 2.25. The Kier molecular flexibility index (Phi) is 4.91. The van der Waals surface area contributed by atoms with Gasteiger partial charge in [0.05, 0.1) is 15.7 Å². The molecule has 0 saturated carbocycles. The molecule has 0 atom stereocenters. The van der Waals surface area contributed by atoms with Gasteiger partial charge < -0.3 is 5.32 Å². The van der Waals surface area contributed by atoms with E-state index in [2.05, 4.69) is 25.1 Å². The number of amides is 1. The van der Waals surface area contributed by atoms with Crippen LogP contribution in [0.15, 0.2) is 33.6 Å². The Bertz CT molecular complexity index is 976. The molecule has 0 saturated heterocycles. The lowest BCUT2D eigenvalue weighted by molar-refractivity contribution is 0.0948. The molecule has 3 aromatic rings. The Balaban J connectivity index is 1.69. The number of H-pyrrole nitrogens is 1. The summed E-state index contributed by atoms with van der Waals surface area (Å²) in [6.45, 7) is 2.10. The molecular weight excluding hydrogens is 369 g/mol. The molecular formula is C15H13Cl2N5O3. The first-order valence-corrected chi connectivity index (χ1v) is 8.05. The molecule has 130 valence electrons. The van der Waals surface area contributed by atoms with Gasteiger partial charge >= 0.3 is 5.76 Å². The fourth-order valence-electron chi connectivity index (χ4n) is 2.22. The number of nitrogens with zero attached hydrogens (tertiary/aromatic N) is 3. The molecule has 0 radical (unpaired) electrons. The highest BCUT2D eigenvalue weighted by Gasteiger charge is 2.14. The van der Waals surface area contributed by atoms with Crippen LogP contribution in [-0.4, -0.2) is 32.4 Å².